The number of unbranched alkanes of at least 4 members (excludes halogenated alkanes) is 1. The molecule has 2 aliphatic rings. The number of amides is 1. The van der Waals surface area contributed by atoms with E-state index in [1.165, 1.54) is 16.1 Å². The van der Waals surface area contributed by atoms with Gasteiger partial charge in [-0.3, -0.25) is 9.20 Å². The van der Waals surface area contributed by atoms with Gasteiger partial charge in [0, 0.05) is 19.6 Å². The van der Waals surface area contributed by atoms with Gasteiger partial charge in [0.25, 0.3) is 5.91 Å². The van der Waals surface area contributed by atoms with Crippen molar-refractivity contribution >= 4 is 38.9 Å². The number of rotatable bonds is 8. The lowest BCUT2D eigenvalue weighted by Gasteiger charge is -2.31. The van der Waals surface area contributed by atoms with E-state index in [1.807, 2.05) is 32.2 Å². The van der Waals surface area contributed by atoms with E-state index < -0.39 is 21.8 Å². The summed E-state index contributed by atoms with van der Waals surface area (Å²) in [5.41, 5.74) is 2.96. The summed E-state index contributed by atoms with van der Waals surface area (Å²) in [7, 11) is -3.82. The highest BCUT2D eigenvalue weighted by Crippen LogP contribution is 2.39. The van der Waals surface area contributed by atoms with Gasteiger partial charge in [-0.2, -0.15) is 17.5 Å². The molecule has 1 fully saturated rings. The first-order valence-corrected chi connectivity index (χ1v) is 15.5. The number of carbonyl (C=O) groups excluding carboxylic acids is 1. The van der Waals surface area contributed by atoms with Gasteiger partial charge in [0.05, 0.1) is 32.3 Å². The molecule has 214 valence electrons. The van der Waals surface area contributed by atoms with E-state index in [-0.39, 0.29) is 10.8 Å². The van der Waals surface area contributed by atoms with Crippen LogP contribution in [-0.4, -0.2) is 47.6 Å². The van der Waals surface area contributed by atoms with Crippen LogP contribution in [0.1, 0.15) is 55.8 Å². The zero-order chi connectivity index (χ0) is 28.7. The van der Waals surface area contributed by atoms with Gasteiger partial charge in [0.1, 0.15) is 5.65 Å². The largest absolute Gasteiger partial charge is 0.416 e. The second-order valence-electron chi connectivity index (χ2n) is 10.3. The second-order valence-corrected chi connectivity index (χ2v) is 13.3. The van der Waals surface area contributed by atoms with Gasteiger partial charge in [-0.05, 0) is 80.5 Å². The maximum Gasteiger partial charge on any atom is 0.416 e. The molecule has 0 atom stereocenters. The molecular weight excluding hydrogens is 561 g/mol. The number of alkyl halides is 3. The first-order valence-electron chi connectivity index (χ1n) is 13.3. The van der Waals surface area contributed by atoms with Gasteiger partial charge in [0.2, 0.25) is 10.0 Å². The molecule has 0 spiro atoms. The van der Waals surface area contributed by atoms with Crippen LogP contribution in [0.5, 0.6) is 0 Å². The van der Waals surface area contributed by atoms with Crippen LogP contribution in [0.15, 0.2) is 57.4 Å². The molecule has 7 nitrogen and oxygen atoms in total. The minimum absolute atomic E-state index is 0.0922. The lowest BCUT2D eigenvalue weighted by Crippen LogP contribution is -2.38. The Kier molecular flexibility index (Phi) is 8.04. The number of hydrogen-bond donors (Lipinski definition) is 1. The highest BCUT2D eigenvalue weighted by atomic mass is 32.2. The summed E-state index contributed by atoms with van der Waals surface area (Å²) in [6.45, 7) is 5.21. The number of carbonyl (C=O) groups is 1. The van der Waals surface area contributed by atoms with Crippen molar-refractivity contribution in [1.29, 1.82) is 0 Å². The number of imidazole rings is 1. The number of aryl methyl sites for hydroxylation is 1. The zero-order valence-corrected chi connectivity index (χ0v) is 23.9. The number of benzene rings is 1. The second kappa shape index (κ2) is 11.2. The Labute approximate surface area is 235 Å². The lowest BCUT2D eigenvalue weighted by molar-refractivity contribution is -0.137. The maximum atomic E-state index is 13.0. The van der Waals surface area contributed by atoms with Crippen LogP contribution in [0.4, 0.5) is 13.2 Å². The normalized spacial score (nSPS) is 17.0. The average Bonchev–Trinajstić information content (AvgIpc) is 3.39. The highest BCUT2D eigenvalue weighted by Gasteiger charge is 2.33. The van der Waals surface area contributed by atoms with Gasteiger partial charge in [0.15, 0.2) is 0 Å². The summed E-state index contributed by atoms with van der Waals surface area (Å²) in [6, 6.07) is 7.69. The summed E-state index contributed by atoms with van der Waals surface area (Å²) >= 11 is 1.45. The van der Waals surface area contributed by atoms with Crippen molar-refractivity contribution in [2.45, 2.75) is 62.0 Å². The molecule has 5 rings (SSSR count). The molecule has 0 saturated carbocycles. The van der Waals surface area contributed by atoms with Gasteiger partial charge in [-0.1, -0.05) is 30.7 Å². The minimum atomic E-state index is -4.51. The Hall–Kier alpha value is -2.83. The zero-order valence-electron chi connectivity index (χ0n) is 22.3. The molecule has 0 aliphatic carbocycles. The van der Waals surface area contributed by atoms with E-state index in [4.69, 9.17) is 0 Å². The number of sulfonamides is 1. The number of piperidine rings is 1. The summed E-state index contributed by atoms with van der Waals surface area (Å²) in [4.78, 5) is 18.1. The summed E-state index contributed by atoms with van der Waals surface area (Å²) in [6.07, 6.45) is 1.37. The first kappa shape index (κ1) is 28.7. The van der Waals surface area contributed by atoms with Crippen molar-refractivity contribution in [3.05, 3.63) is 64.3 Å². The van der Waals surface area contributed by atoms with Crippen molar-refractivity contribution < 1.29 is 26.4 Å². The fourth-order valence-corrected chi connectivity index (χ4v) is 7.81. The Bertz CT molecular complexity index is 1560. The number of aromatic nitrogens is 2. The summed E-state index contributed by atoms with van der Waals surface area (Å²) in [5.74, 6) is 0.281. The van der Waals surface area contributed by atoms with E-state index >= 15 is 0 Å². The number of nitrogens with zero attached hydrogens (tertiary/aromatic N) is 3. The number of halogens is 3. The fourth-order valence-electron chi connectivity index (χ4n) is 5.30. The van der Waals surface area contributed by atoms with Crippen LogP contribution in [0, 0.1) is 12.8 Å². The van der Waals surface area contributed by atoms with Crippen LogP contribution in [-0.2, 0) is 21.0 Å². The van der Waals surface area contributed by atoms with Gasteiger partial charge in [-0.15, -0.1) is 0 Å². The molecule has 4 heterocycles. The average molecular weight is 593 g/mol. The summed E-state index contributed by atoms with van der Waals surface area (Å²) in [5, 5.41) is 4.01. The van der Waals surface area contributed by atoms with Crippen molar-refractivity contribution in [3.8, 4) is 0 Å². The SMILES string of the molecule is CC1=C(C(=O)NCCCCC2CCN(S(=O)(=O)c3ccc(C(F)(F)F)cc3)CC2)Sc2ccc(C)c3ncc1n23. The fraction of sp³-hybridized carbons (Fsp3) is 0.429. The smallest absolute Gasteiger partial charge is 0.352 e. The van der Waals surface area contributed by atoms with E-state index in [0.717, 1.165) is 71.0 Å². The van der Waals surface area contributed by atoms with Crippen molar-refractivity contribution in [1.82, 2.24) is 19.0 Å². The molecule has 1 aromatic carbocycles. The summed E-state index contributed by atoms with van der Waals surface area (Å²) < 4.78 is 67.6. The monoisotopic (exact) mass is 592 g/mol. The van der Waals surface area contributed by atoms with Gasteiger partial charge >= 0.3 is 6.18 Å². The number of allylic oxidation sites excluding steroid dienone is 1. The van der Waals surface area contributed by atoms with Crippen LogP contribution in [0.25, 0.3) is 11.2 Å². The molecular formula is C28H31F3N4O3S2. The first-order chi connectivity index (χ1) is 19.0. The third kappa shape index (κ3) is 5.66. The molecule has 1 saturated heterocycles. The number of pyridine rings is 1. The topological polar surface area (TPSA) is 83.8 Å². The van der Waals surface area contributed by atoms with Gasteiger partial charge in [-0.25, -0.2) is 13.4 Å². The van der Waals surface area contributed by atoms with Gasteiger partial charge < -0.3 is 5.32 Å². The Balaban J connectivity index is 1.06. The molecule has 0 unspecified atom stereocenters. The quantitative estimate of drug-likeness (QED) is 0.330. The Morgan fingerprint density at radius 3 is 2.45 bits per heavy atom. The van der Waals surface area contributed by atoms with E-state index in [2.05, 4.69) is 14.7 Å². The molecule has 2 aromatic heterocycles. The number of hydrogen-bond acceptors (Lipinski definition) is 5. The molecule has 40 heavy (non-hydrogen) atoms. The highest BCUT2D eigenvalue weighted by molar-refractivity contribution is 8.04. The van der Waals surface area contributed by atoms with Crippen molar-refractivity contribution in [2.75, 3.05) is 19.6 Å². The molecule has 0 bridgehead atoms. The van der Waals surface area contributed by atoms with E-state index in [0.29, 0.717) is 43.3 Å². The third-order valence-corrected chi connectivity index (χ3v) is 10.8. The molecule has 1 amide bonds. The maximum absolute atomic E-state index is 13.0. The van der Waals surface area contributed by atoms with Crippen molar-refractivity contribution in [2.24, 2.45) is 5.92 Å². The minimum Gasteiger partial charge on any atom is -0.352 e. The molecule has 2 aliphatic heterocycles. The molecule has 0 radical (unpaired) electrons. The number of thioether (sulfide) groups is 1. The number of nitrogens with one attached hydrogen (secondary N) is 1. The molecule has 3 aromatic rings. The standard InChI is InChI=1S/C28H31F3N4O3S2/c1-18-6-11-24-35-23(17-33-26(18)35)19(2)25(39-24)27(36)32-14-4-3-5-20-12-15-34(16-13-20)40(37,38)22-9-7-21(8-10-22)28(29,30)31/h6-11,17,20H,3-5,12-16H2,1-2H3,(H,32,36). The Morgan fingerprint density at radius 1 is 1.07 bits per heavy atom. The Morgan fingerprint density at radius 2 is 1.77 bits per heavy atom. The lowest BCUT2D eigenvalue weighted by atomic mass is 9.92. The van der Waals surface area contributed by atoms with Crippen LogP contribution in [0.2, 0.25) is 0 Å². The molecule has 12 heteroatoms. The van der Waals surface area contributed by atoms with E-state index in [1.54, 1.807) is 0 Å². The van der Waals surface area contributed by atoms with Crippen LogP contribution in [0.3, 0.4) is 0 Å². The van der Waals surface area contributed by atoms with E-state index in [9.17, 15) is 26.4 Å². The molecule has 1 N–H and O–H groups in total. The van der Waals surface area contributed by atoms with Crippen LogP contribution < -0.4 is 5.32 Å². The third-order valence-electron chi connectivity index (χ3n) is 7.67. The predicted octanol–water partition coefficient (Wildman–Crippen LogP) is 5.89. The van der Waals surface area contributed by atoms with Crippen LogP contribution >= 0.6 is 11.8 Å². The predicted molar refractivity (Wildman–Crippen MR) is 148 cm³/mol. The van der Waals surface area contributed by atoms with Crippen molar-refractivity contribution in [3.63, 3.8) is 0 Å².